The molecule has 0 aromatic heterocycles. The number of fused-ring (bicyclic) bond motifs is 1. The molecule has 1 N–H and O–H groups in total. The van der Waals surface area contributed by atoms with Crippen LogP contribution >= 0.6 is 0 Å². The Bertz CT molecular complexity index is 655. The largest absolute Gasteiger partial charge is 0.462 e. The summed E-state index contributed by atoms with van der Waals surface area (Å²) in [7, 11) is -4.24. The van der Waals surface area contributed by atoms with Crippen molar-refractivity contribution in [3.63, 3.8) is 0 Å². The standard InChI is InChI=1S/C12H14O10S/c13-8(19-1-2-23(16,17)18)5-20-11(15)12-4-6-3-7(9(12)21-6)10(14)22-12/h6-7,9H,1-5H2,(H,16,17,18). The predicted octanol–water partition coefficient (Wildman–Crippen LogP) is -1.57. The minimum Gasteiger partial charge on any atom is -0.462 e. The van der Waals surface area contributed by atoms with Crippen LogP contribution in [0.5, 0.6) is 0 Å². The lowest BCUT2D eigenvalue weighted by Crippen LogP contribution is -2.48. The van der Waals surface area contributed by atoms with Crippen LogP contribution in [0.2, 0.25) is 0 Å². The smallest absolute Gasteiger partial charge is 0.354 e. The molecule has 0 spiro atoms. The second kappa shape index (κ2) is 5.42. The van der Waals surface area contributed by atoms with Gasteiger partial charge < -0.3 is 18.9 Å². The Labute approximate surface area is 130 Å². The monoisotopic (exact) mass is 350 g/mol. The topological polar surface area (TPSA) is 142 Å². The highest BCUT2D eigenvalue weighted by Crippen LogP contribution is 2.53. The second-order valence-corrected chi connectivity index (χ2v) is 7.19. The lowest BCUT2D eigenvalue weighted by Gasteiger charge is -2.25. The first-order chi connectivity index (χ1) is 10.7. The average molecular weight is 350 g/mol. The van der Waals surface area contributed by atoms with E-state index in [2.05, 4.69) is 4.74 Å². The van der Waals surface area contributed by atoms with Crippen molar-refractivity contribution >= 4 is 28.0 Å². The van der Waals surface area contributed by atoms with Gasteiger partial charge in [0.2, 0.25) is 5.60 Å². The zero-order chi connectivity index (χ0) is 16.8. The molecule has 11 heteroatoms. The van der Waals surface area contributed by atoms with Crippen LogP contribution < -0.4 is 0 Å². The first-order valence-corrected chi connectivity index (χ1v) is 8.48. The van der Waals surface area contributed by atoms with Gasteiger partial charge in [-0.1, -0.05) is 0 Å². The first-order valence-electron chi connectivity index (χ1n) is 6.87. The van der Waals surface area contributed by atoms with Gasteiger partial charge in [-0.25, -0.2) is 9.59 Å². The van der Waals surface area contributed by atoms with Gasteiger partial charge in [0, 0.05) is 6.42 Å². The maximum Gasteiger partial charge on any atom is 0.354 e. The Hall–Kier alpha value is -1.72. The van der Waals surface area contributed by atoms with Crippen molar-refractivity contribution < 1.29 is 46.3 Å². The molecule has 0 aliphatic carbocycles. The molecule has 4 unspecified atom stereocenters. The number of esters is 3. The van der Waals surface area contributed by atoms with Crippen molar-refractivity contribution in [1.29, 1.82) is 0 Å². The SMILES string of the molecule is O=C(COC(=O)C12CC3CC(C(=O)O1)C2O3)OCCS(=O)(=O)O. The summed E-state index contributed by atoms with van der Waals surface area (Å²) in [5, 5.41) is 0. The molecule has 3 aliphatic heterocycles. The second-order valence-electron chi connectivity index (χ2n) is 5.62. The van der Waals surface area contributed by atoms with Gasteiger partial charge in [-0.2, -0.15) is 8.42 Å². The molecule has 2 bridgehead atoms. The first kappa shape index (κ1) is 16.1. The molecule has 3 heterocycles. The van der Waals surface area contributed by atoms with Gasteiger partial charge in [-0.3, -0.25) is 9.35 Å². The number of hydrogen-bond acceptors (Lipinski definition) is 9. The van der Waals surface area contributed by atoms with E-state index >= 15 is 0 Å². The van der Waals surface area contributed by atoms with Crippen LogP contribution in [0.1, 0.15) is 12.8 Å². The summed E-state index contributed by atoms with van der Waals surface area (Å²) in [4.78, 5) is 35.2. The summed E-state index contributed by atoms with van der Waals surface area (Å²) in [5.74, 6) is -3.62. The molecule has 3 fully saturated rings. The molecule has 23 heavy (non-hydrogen) atoms. The van der Waals surface area contributed by atoms with Gasteiger partial charge in [0.15, 0.2) is 6.61 Å². The number of hydrogen-bond donors (Lipinski definition) is 1. The van der Waals surface area contributed by atoms with Crippen molar-refractivity contribution in [3.05, 3.63) is 0 Å². The van der Waals surface area contributed by atoms with Crippen LogP contribution in [0.3, 0.4) is 0 Å². The van der Waals surface area contributed by atoms with Gasteiger partial charge in [0.25, 0.3) is 10.1 Å². The molecule has 0 radical (unpaired) electrons. The lowest BCUT2D eigenvalue weighted by atomic mass is 9.81. The quantitative estimate of drug-likeness (QED) is 0.339. The molecular formula is C12H14O10S. The van der Waals surface area contributed by atoms with Crippen LogP contribution in [-0.2, 0) is 43.4 Å². The summed E-state index contributed by atoms with van der Waals surface area (Å²) < 4.78 is 49.4. The minimum atomic E-state index is -4.24. The number of carbonyl (C=O) groups excluding carboxylic acids is 3. The molecule has 0 aromatic rings. The average Bonchev–Trinajstić information content (AvgIpc) is 3.04. The van der Waals surface area contributed by atoms with E-state index < -0.39 is 64.6 Å². The summed E-state index contributed by atoms with van der Waals surface area (Å²) in [6.45, 7) is -1.32. The molecule has 4 atom stereocenters. The van der Waals surface area contributed by atoms with Gasteiger partial charge in [0.05, 0.1) is 12.0 Å². The Morgan fingerprint density at radius 2 is 2.09 bits per heavy atom. The van der Waals surface area contributed by atoms with Gasteiger partial charge in [0.1, 0.15) is 18.5 Å². The van der Waals surface area contributed by atoms with E-state index in [4.69, 9.17) is 18.8 Å². The third-order valence-corrected chi connectivity index (χ3v) is 4.75. The third kappa shape index (κ3) is 2.91. The fraction of sp³-hybridized carbons (Fsp3) is 0.750. The molecule has 3 rings (SSSR count). The van der Waals surface area contributed by atoms with E-state index in [1.54, 1.807) is 0 Å². The highest BCUT2D eigenvalue weighted by Gasteiger charge is 2.71. The minimum absolute atomic E-state index is 0.191. The molecule has 128 valence electrons. The fourth-order valence-electron chi connectivity index (χ4n) is 3.15. The zero-order valence-corrected chi connectivity index (χ0v) is 12.6. The number of rotatable bonds is 6. The molecular weight excluding hydrogens is 336 g/mol. The highest BCUT2D eigenvalue weighted by molar-refractivity contribution is 7.85. The van der Waals surface area contributed by atoms with Crippen molar-refractivity contribution in [2.45, 2.75) is 30.7 Å². The Morgan fingerprint density at radius 3 is 2.74 bits per heavy atom. The number of carbonyl (C=O) groups is 3. The summed E-state index contributed by atoms with van der Waals surface area (Å²) in [6, 6.07) is 0. The van der Waals surface area contributed by atoms with Gasteiger partial charge >= 0.3 is 17.9 Å². The van der Waals surface area contributed by atoms with E-state index in [1.807, 2.05) is 0 Å². The Kier molecular flexibility index (Phi) is 3.81. The molecule has 10 nitrogen and oxygen atoms in total. The van der Waals surface area contributed by atoms with Crippen molar-refractivity contribution in [2.24, 2.45) is 5.92 Å². The normalized spacial score (nSPS) is 34.3. The molecule has 0 aromatic carbocycles. The van der Waals surface area contributed by atoms with Crippen molar-refractivity contribution in [2.75, 3.05) is 19.0 Å². The Morgan fingerprint density at radius 1 is 1.35 bits per heavy atom. The van der Waals surface area contributed by atoms with Crippen molar-refractivity contribution in [3.8, 4) is 0 Å². The maximum absolute atomic E-state index is 12.2. The summed E-state index contributed by atoms with van der Waals surface area (Å²) >= 11 is 0. The van der Waals surface area contributed by atoms with E-state index in [9.17, 15) is 22.8 Å². The molecule has 0 saturated carbocycles. The zero-order valence-electron chi connectivity index (χ0n) is 11.8. The van der Waals surface area contributed by atoms with Crippen LogP contribution in [0, 0.1) is 5.92 Å². The van der Waals surface area contributed by atoms with Crippen LogP contribution in [0.4, 0.5) is 0 Å². The molecule has 0 amide bonds. The summed E-state index contributed by atoms with van der Waals surface area (Å²) in [6.07, 6.45) is -0.235. The van der Waals surface area contributed by atoms with Gasteiger partial charge in [-0.05, 0) is 6.42 Å². The lowest BCUT2D eigenvalue weighted by molar-refractivity contribution is -0.179. The maximum atomic E-state index is 12.2. The Balaban J connectivity index is 1.51. The fourth-order valence-corrected chi connectivity index (χ4v) is 3.44. The number of ether oxygens (including phenoxy) is 4. The van der Waals surface area contributed by atoms with E-state index in [1.165, 1.54) is 0 Å². The van der Waals surface area contributed by atoms with Gasteiger partial charge in [-0.15, -0.1) is 0 Å². The predicted molar refractivity (Wildman–Crippen MR) is 68.5 cm³/mol. The van der Waals surface area contributed by atoms with Crippen LogP contribution in [0.25, 0.3) is 0 Å². The van der Waals surface area contributed by atoms with E-state index in [-0.39, 0.29) is 12.5 Å². The van der Waals surface area contributed by atoms with E-state index in [0.717, 1.165) is 0 Å². The highest BCUT2D eigenvalue weighted by atomic mass is 32.2. The van der Waals surface area contributed by atoms with Crippen LogP contribution in [-0.4, -0.2) is 67.7 Å². The summed E-state index contributed by atoms with van der Waals surface area (Å²) in [5.41, 5.74) is -1.50. The van der Waals surface area contributed by atoms with Crippen LogP contribution in [0.15, 0.2) is 0 Å². The van der Waals surface area contributed by atoms with Crippen molar-refractivity contribution in [1.82, 2.24) is 0 Å². The third-order valence-electron chi connectivity index (χ3n) is 4.07. The molecule has 3 saturated heterocycles. The van der Waals surface area contributed by atoms with E-state index in [0.29, 0.717) is 6.42 Å². The molecule has 3 aliphatic rings.